The second kappa shape index (κ2) is 6.23. The normalized spacial score (nSPS) is 12.2. The van der Waals surface area contributed by atoms with E-state index in [0.29, 0.717) is 12.0 Å². The van der Waals surface area contributed by atoms with Crippen molar-refractivity contribution in [3.05, 3.63) is 24.0 Å². The van der Waals surface area contributed by atoms with Gasteiger partial charge in [0.25, 0.3) is 0 Å². The van der Waals surface area contributed by atoms with Crippen LogP contribution >= 0.6 is 0 Å². The van der Waals surface area contributed by atoms with Gasteiger partial charge in [-0.25, -0.2) is 0 Å². The van der Waals surface area contributed by atoms with Crippen molar-refractivity contribution in [1.82, 2.24) is 9.88 Å². The molecule has 1 aromatic rings. The third-order valence-electron chi connectivity index (χ3n) is 2.74. The molecule has 0 aliphatic heterocycles. The minimum atomic E-state index is -0.0227. The van der Waals surface area contributed by atoms with Gasteiger partial charge in [-0.1, -0.05) is 13.8 Å². The number of rotatable bonds is 6. The Balaban J connectivity index is 2.54. The molecule has 0 aliphatic rings. The first-order chi connectivity index (χ1) is 8.06. The molecule has 17 heavy (non-hydrogen) atoms. The molecule has 0 saturated carbocycles. The van der Waals surface area contributed by atoms with E-state index in [0.717, 1.165) is 6.42 Å². The molecule has 94 valence electrons. The van der Waals surface area contributed by atoms with Crippen LogP contribution in [0.1, 0.15) is 44.0 Å². The number of aromatic nitrogens is 1. The van der Waals surface area contributed by atoms with Crippen LogP contribution in [0.25, 0.3) is 0 Å². The number of amides is 1. The van der Waals surface area contributed by atoms with Gasteiger partial charge in [0.1, 0.15) is 6.54 Å². The lowest BCUT2D eigenvalue weighted by molar-refractivity contribution is -0.122. The van der Waals surface area contributed by atoms with Crippen molar-refractivity contribution in [2.24, 2.45) is 0 Å². The smallest absolute Gasteiger partial charge is 0.240 e. The number of ketones is 1. The molecule has 1 heterocycles. The third-order valence-corrected chi connectivity index (χ3v) is 2.74. The number of nitrogens with zero attached hydrogens (tertiary/aromatic N) is 1. The van der Waals surface area contributed by atoms with Crippen LogP contribution in [0.2, 0.25) is 0 Å². The lowest BCUT2D eigenvalue weighted by Crippen LogP contribution is -2.34. The largest absolute Gasteiger partial charge is 0.352 e. The molecule has 1 rings (SSSR count). The van der Waals surface area contributed by atoms with Gasteiger partial charge in [0, 0.05) is 30.4 Å². The van der Waals surface area contributed by atoms with E-state index in [2.05, 4.69) is 5.32 Å². The molecule has 0 spiro atoms. The predicted octanol–water partition coefficient (Wildman–Crippen LogP) is 2.00. The summed E-state index contributed by atoms with van der Waals surface area (Å²) in [5.41, 5.74) is 0.670. The van der Waals surface area contributed by atoms with Gasteiger partial charge in [-0.15, -0.1) is 0 Å². The van der Waals surface area contributed by atoms with Crippen LogP contribution in [0.5, 0.6) is 0 Å². The van der Waals surface area contributed by atoms with E-state index < -0.39 is 0 Å². The number of carbonyl (C=O) groups is 2. The molecule has 0 radical (unpaired) electrons. The highest BCUT2D eigenvalue weighted by atomic mass is 16.2. The van der Waals surface area contributed by atoms with Gasteiger partial charge in [-0.05, 0) is 19.4 Å². The number of carbonyl (C=O) groups excluding carboxylic acids is 2. The maximum Gasteiger partial charge on any atom is 0.240 e. The van der Waals surface area contributed by atoms with Gasteiger partial charge < -0.3 is 9.88 Å². The molecule has 4 heteroatoms. The van der Waals surface area contributed by atoms with E-state index in [1.165, 1.54) is 0 Å². The summed E-state index contributed by atoms with van der Waals surface area (Å²) in [6.07, 6.45) is 4.89. The maximum absolute atomic E-state index is 11.6. The zero-order valence-electron chi connectivity index (χ0n) is 10.7. The summed E-state index contributed by atoms with van der Waals surface area (Å²) in [4.78, 5) is 23.0. The van der Waals surface area contributed by atoms with E-state index in [-0.39, 0.29) is 24.3 Å². The van der Waals surface area contributed by atoms with Gasteiger partial charge in [0.15, 0.2) is 5.78 Å². The fourth-order valence-corrected chi connectivity index (χ4v) is 1.50. The quantitative estimate of drug-likeness (QED) is 0.768. The van der Waals surface area contributed by atoms with Crippen LogP contribution in [0.15, 0.2) is 18.5 Å². The Morgan fingerprint density at radius 3 is 2.71 bits per heavy atom. The fraction of sp³-hybridized carbons (Fsp3) is 0.538. The van der Waals surface area contributed by atoms with Crippen molar-refractivity contribution < 1.29 is 9.59 Å². The molecule has 4 nitrogen and oxygen atoms in total. The zero-order valence-corrected chi connectivity index (χ0v) is 10.7. The summed E-state index contributed by atoms with van der Waals surface area (Å²) >= 11 is 0. The summed E-state index contributed by atoms with van der Waals surface area (Å²) in [7, 11) is 0. The average Bonchev–Trinajstić information content (AvgIpc) is 2.76. The Morgan fingerprint density at radius 2 is 2.12 bits per heavy atom. The van der Waals surface area contributed by atoms with Crippen LogP contribution in [-0.2, 0) is 11.3 Å². The van der Waals surface area contributed by atoms with Gasteiger partial charge in [0.2, 0.25) is 5.91 Å². The Labute approximate surface area is 102 Å². The standard InChI is InChI=1S/C13H20N2O2/c1-4-10(3)14-13(17)9-15-7-6-11(8-15)12(16)5-2/h6-8,10H,4-5,9H2,1-3H3,(H,14,17). The predicted molar refractivity (Wildman–Crippen MR) is 66.9 cm³/mol. The van der Waals surface area contributed by atoms with Crippen molar-refractivity contribution in [3.63, 3.8) is 0 Å². The molecule has 0 bridgehead atoms. The highest BCUT2D eigenvalue weighted by Crippen LogP contribution is 2.04. The average molecular weight is 236 g/mol. The first kappa shape index (κ1) is 13.5. The zero-order chi connectivity index (χ0) is 12.8. The molecule has 1 aromatic heterocycles. The lowest BCUT2D eigenvalue weighted by Gasteiger charge is -2.11. The van der Waals surface area contributed by atoms with Gasteiger partial charge in [-0.3, -0.25) is 9.59 Å². The Bertz CT molecular complexity index is 396. The molecule has 0 aromatic carbocycles. The first-order valence-corrected chi connectivity index (χ1v) is 6.05. The highest BCUT2D eigenvalue weighted by Gasteiger charge is 2.08. The molecule has 1 N–H and O–H groups in total. The SMILES string of the molecule is CCC(=O)c1ccn(CC(=O)NC(C)CC)c1. The number of nitrogens with one attached hydrogen (secondary N) is 1. The minimum Gasteiger partial charge on any atom is -0.352 e. The van der Waals surface area contributed by atoms with E-state index in [9.17, 15) is 9.59 Å². The van der Waals surface area contributed by atoms with Crippen LogP contribution in [0, 0.1) is 0 Å². The monoisotopic (exact) mass is 236 g/mol. The van der Waals surface area contributed by atoms with Crippen LogP contribution in [0.3, 0.4) is 0 Å². The molecule has 1 atom stereocenters. The van der Waals surface area contributed by atoms with Crippen molar-refractivity contribution in [1.29, 1.82) is 0 Å². The van der Waals surface area contributed by atoms with Crippen molar-refractivity contribution in [2.45, 2.75) is 46.2 Å². The maximum atomic E-state index is 11.6. The summed E-state index contributed by atoms with van der Waals surface area (Å²) in [5.74, 6) is 0.0801. The first-order valence-electron chi connectivity index (χ1n) is 6.05. The molecular weight excluding hydrogens is 216 g/mol. The van der Waals surface area contributed by atoms with E-state index in [1.807, 2.05) is 20.8 Å². The number of hydrogen-bond donors (Lipinski definition) is 1. The van der Waals surface area contributed by atoms with Crippen LogP contribution in [0.4, 0.5) is 0 Å². The summed E-state index contributed by atoms with van der Waals surface area (Å²) in [6.45, 7) is 6.09. The Morgan fingerprint density at radius 1 is 1.41 bits per heavy atom. The Kier molecular flexibility index (Phi) is 4.94. The second-order valence-corrected chi connectivity index (χ2v) is 4.23. The van der Waals surface area contributed by atoms with Gasteiger partial charge >= 0.3 is 0 Å². The lowest BCUT2D eigenvalue weighted by atomic mass is 10.2. The topological polar surface area (TPSA) is 51.1 Å². The third kappa shape index (κ3) is 4.06. The molecule has 0 aliphatic carbocycles. The van der Waals surface area contributed by atoms with Crippen molar-refractivity contribution in [3.8, 4) is 0 Å². The summed E-state index contributed by atoms with van der Waals surface area (Å²) in [6, 6.07) is 1.94. The van der Waals surface area contributed by atoms with Crippen molar-refractivity contribution >= 4 is 11.7 Å². The molecule has 1 unspecified atom stereocenters. The summed E-state index contributed by atoms with van der Waals surface area (Å²) < 4.78 is 1.74. The van der Waals surface area contributed by atoms with Gasteiger partial charge in [-0.2, -0.15) is 0 Å². The fourth-order valence-electron chi connectivity index (χ4n) is 1.50. The molecular formula is C13H20N2O2. The summed E-state index contributed by atoms with van der Waals surface area (Å²) in [5, 5.41) is 2.89. The highest BCUT2D eigenvalue weighted by molar-refractivity contribution is 5.95. The van der Waals surface area contributed by atoms with Gasteiger partial charge in [0.05, 0.1) is 0 Å². The van der Waals surface area contributed by atoms with E-state index in [4.69, 9.17) is 0 Å². The van der Waals surface area contributed by atoms with E-state index in [1.54, 1.807) is 23.0 Å². The molecule has 1 amide bonds. The van der Waals surface area contributed by atoms with Crippen LogP contribution in [-0.4, -0.2) is 22.3 Å². The van der Waals surface area contributed by atoms with Crippen LogP contribution < -0.4 is 5.32 Å². The number of hydrogen-bond acceptors (Lipinski definition) is 2. The van der Waals surface area contributed by atoms with E-state index >= 15 is 0 Å². The minimum absolute atomic E-state index is 0.0227. The second-order valence-electron chi connectivity index (χ2n) is 4.23. The molecule has 0 fully saturated rings. The number of Topliss-reactive ketones (excluding diaryl/α,β-unsaturated/α-hetero) is 1. The van der Waals surface area contributed by atoms with Crippen molar-refractivity contribution in [2.75, 3.05) is 0 Å². The molecule has 0 saturated heterocycles. The Hall–Kier alpha value is -1.58.